The molecular weight excluding hydrogens is 432 g/mol. The van der Waals surface area contributed by atoms with Crippen molar-refractivity contribution in [1.82, 2.24) is 4.98 Å². The van der Waals surface area contributed by atoms with E-state index >= 15 is 0 Å². The number of thiazole rings is 1. The minimum Gasteiger partial charge on any atom is -0.491 e. The van der Waals surface area contributed by atoms with Crippen molar-refractivity contribution in [1.29, 1.82) is 0 Å². The van der Waals surface area contributed by atoms with Gasteiger partial charge in [-0.2, -0.15) is 0 Å². The summed E-state index contributed by atoms with van der Waals surface area (Å²) in [5, 5.41) is 12.5. The van der Waals surface area contributed by atoms with Crippen LogP contribution in [0.1, 0.15) is 48.4 Å². The zero-order valence-corrected chi connectivity index (χ0v) is 18.9. The largest absolute Gasteiger partial charge is 0.491 e. The fourth-order valence-electron chi connectivity index (χ4n) is 2.70. The Hall–Kier alpha value is -3.59. The first kappa shape index (κ1) is 23.1. The molecule has 1 amide bonds. The van der Waals surface area contributed by atoms with Crippen molar-refractivity contribution in [3.63, 3.8) is 0 Å². The van der Waals surface area contributed by atoms with Gasteiger partial charge in [0.1, 0.15) is 17.2 Å². The smallest absolute Gasteiger partial charge is 0.335 e. The van der Waals surface area contributed by atoms with Gasteiger partial charge in [-0.05, 0) is 64.1 Å². The second kappa shape index (κ2) is 10.1. The van der Waals surface area contributed by atoms with E-state index in [1.165, 1.54) is 18.3 Å². The van der Waals surface area contributed by atoms with Crippen molar-refractivity contribution in [2.24, 2.45) is 0 Å². The van der Waals surface area contributed by atoms with Crippen LogP contribution in [0.2, 0.25) is 0 Å². The van der Waals surface area contributed by atoms with E-state index in [1.807, 2.05) is 27.7 Å². The average molecular weight is 457 g/mol. The fraction of sp³-hybridized carbons (Fsp3) is 0.261. The molecule has 0 bridgehead atoms. The van der Waals surface area contributed by atoms with Crippen LogP contribution in [-0.4, -0.2) is 34.2 Å². The van der Waals surface area contributed by atoms with Crippen molar-refractivity contribution in [2.75, 3.05) is 5.32 Å². The van der Waals surface area contributed by atoms with Crippen LogP contribution < -0.4 is 19.5 Å². The number of hydrogen-bond donors (Lipinski definition) is 2. The van der Waals surface area contributed by atoms with E-state index < -0.39 is 5.97 Å². The van der Waals surface area contributed by atoms with Crippen LogP contribution >= 0.6 is 11.3 Å². The highest BCUT2D eigenvalue weighted by Crippen LogP contribution is 2.31. The quantitative estimate of drug-likeness (QED) is 0.440. The number of carbonyl (C=O) groups excluding carboxylic acids is 1. The summed E-state index contributed by atoms with van der Waals surface area (Å²) in [6, 6.07) is 11.1. The van der Waals surface area contributed by atoms with E-state index in [2.05, 4.69) is 10.3 Å². The van der Waals surface area contributed by atoms with Crippen LogP contribution in [0.4, 0.5) is 5.13 Å². The van der Waals surface area contributed by atoms with E-state index in [-0.39, 0.29) is 23.7 Å². The Bertz CT molecular complexity index is 1060. The second-order valence-corrected chi connectivity index (χ2v) is 8.39. The van der Waals surface area contributed by atoms with Gasteiger partial charge in [0.2, 0.25) is 5.06 Å². The molecule has 0 saturated carbocycles. The normalized spacial score (nSPS) is 10.8. The van der Waals surface area contributed by atoms with Crippen molar-refractivity contribution in [3.05, 3.63) is 59.8 Å². The molecule has 0 saturated heterocycles. The lowest BCUT2D eigenvalue weighted by Crippen LogP contribution is -2.14. The van der Waals surface area contributed by atoms with Gasteiger partial charge in [0.25, 0.3) is 5.91 Å². The summed E-state index contributed by atoms with van der Waals surface area (Å²) in [6.45, 7) is 7.62. The molecule has 0 aliphatic rings. The maximum atomic E-state index is 12.8. The molecule has 0 aliphatic heterocycles. The van der Waals surface area contributed by atoms with Crippen molar-refractivity contribution in [3.8, 4) is 22.3 Å². The minimum atomic E-state index is -1.01. The number of anilines is 1. The van der Waals surface area contributed by atoms with E-state index in [4.69, 9.17) is 19.3 Å². The molecule has 32 heavy (non-hydrogen) atoms. The zero-order chi connectivity index (χ0) is 23.3. The Kier molecular flexibility index (Phi) is 7.32. The molecule has 1 aromatic heterocycles. The van der Waals surface area contributed by atoms with E-state index in [0.29, 0.717) is 33.0 Å². The number of aromatic nitrogens is 1. The predicted octanol–water partition coefficient (Wildman–Crippen LogP) is 5.46. The van der Waals surface area contributed by atoms with Gasteiger partial charge in [-0.3, -0.25) is 10.1 Å². The molecule has 2 aromatic carbocycles. The minimum absolute atomic E-state index is 0.0524. The molecule has 168 valence electrons. The third-order valence-corrected chi connectivity index (χ3v) is 4.70. The SMILES string of the molecule is CC(C)Oc1cc(OC(C)C)cc(C(=O)Nc2ncc(Oc3ccc(C(=O)O)cc3)s2)c1. The Morgan fingerprint density at radius 2 is 1.50 bits per heavy atom. The maximum absolute atomic E-state index is 12.8. The number of nitrogens with one attached hydrogen (secondary N) is 1. The van der Waals surface area contributed by atoms with Gasteiger partial charge in [-0.25, -0.2) is 9.78 Å². The molecule has 0 radical (unpaired) electrons. The van der Waals surface area contributed by atoms with Gasteiger partial charge in [-0.15, -0.1) is 0 Å². The number of ether oxygens (including phenoxy) is 3. The van der Waals surface area contributed by atoms with Gasteiger partial charge >= 0.3 is 5.97 Å². The van der Waals surface area contributed by atoms with Crippen LogP contribution in [0.15, 0.2) is 48.7 Å². The van der Waals surface area contributed by atoms with Gasteiger partial charge in [0.15, 0.2) is 5.13 Å². The number of benzene rings is 2. The summed E-state index contributed by atoms with van der Waals surface area (Å²) in [5.41, 5.74) is 0.542. The molecule has 1 heterocycles. The monoisotopic (exact) mass is 456 g/mol. The fourth-order valence-corrected chi connectivity index (χ4v) is 3.38. The van der Waals surface area contributed by atoms with Gasteiger partial charge in [0, 0.05) is 11.6 Å². The highest BCUT2D eigenvalue weighted by atomic mass is 32.1. The molecule has 0 spiro atoms. The molecule has 3 aromatic rings. The van der Waals surface area contributed by atoms with E-state index in [0.717, 1.165) is 11.3 Å². The Labute approximate surface area is 189 Å². The molecule has 0 atom stereocenters. The molecule has 0 aliphatic carbocycles. The third-order valence-electron chi connectivity index (χ3n) is 3.91. The first-order valence-corrected chi connectivity index (χ1v) is 10.8. The topological polar surface area (TPSA) is 107 Å². The number of rotatable bonds is 9. The van der Waals surface area contributed by atoms with Crippen LogP contribution in [0.25, 0.3) is 0 Å². The highest BCUT2D eigenvalue weighted by molar-refractivity contribution is 7.17. The number of nitrogens with zero attached hydrogens (tertiary/aromatic N) is 1. The third kappa shape index (κ3) is 6.45. The van der Waals surface area contributed by atoms with Crippen LogP contribution in [0, 0.1) is 0 Å². The maximum Gasteiger partial charge on any atom is 0.335 e. The predicted molar refractivity (Wildman–Crippen MR) is 122 cm³/mol. The number of aromatic carboxylic acids is 1. The molecular formula is C23H24N2O6S. The van der Waals surface area contributed by atoms with E-state index in [1.54, 1.807) is 30.3 Å². The lowest BCUT2D eigenvalue weighted by atomic mass is 10.2. The number of amides is 1. The first-order valence-electron chi connectivity index (χ1n) is 9.96. The van der Waals surface area contributed by atoms with Crippen molar-refractivity contribution < 1.29 is 28.9 Å². The summed E-state index contributed by atoms with van der Waals surface area (Å²) in [4.78, 5) is 27.9. The average Bonchev–Trinajstić information content (AvgIpc) is 3.13. The Balaban J connectivity index is 1.71. The number of hydrogen-bond acceptors (Lipinski definition) is 7. The lowest BCUT2D eigenvalue weighted by molar-refractivity contribution is 0.0696. The van der Waals surface area contributed by atoms with Gasteiger partial charge < -0.3 is 19.3 Å². The van der Waals surface area contributed by atoms with Crippen LogP contribution in [0.3, 0.4) is 0 Å². The molecule has 8 nitrogen and oxygen atoms in total. The van der Waals surface area contributed by atoms with E-state index in [9.17, 15) is 9.59 Å². The standard InChI is InChI=1S/C23H24N2O6S/c1-13(2)29-18-9-16(10-19(11-18)30-14(3)4)21(26)25-23-24-12-20(32-23)31-17-7-5-15(6-8-17)22(27)28/h5-14H,1-4H3,(H,27,28)(H,24,25,26). The summed E-state index contributed by atoms with van der Waals surface area (Å²) in [7, 11) is 0. The van der Waals surface area contributed by atoms with Crippen LogP contribution in [-0.2, 0) is 0 Å². The Morgan fingerprint density at radius 1 is 0.906 bits per heavy atom. The second-order valence-electron chi connectivity index (χ2n) is 7.40. The molecule has 2 N–H and O–H groups in total. The number of carboxylic acids is 1. The molecule has 9 heteroatoms. The molecule has 0 unspecified atom stereocenters. The van der Waals surface area contributed by atoms with Crippen molar-refractivity contribution >= 4 is 28.3 Å². The summed E-state index contributed by atoms with van der Waals surface area (Å²) in [6.07, 6.45) is 1.38. The summed E-state index contributed by atoms with van der Waals surface area (Å²) in [5.74, 6) is 0.168. The number of carbonyl (C=O) groups is 2. The van der Waals surface area contributed by atoms with Gasteiger partial charge in [-0.1, -0.05) is 11.3 Å². The molecule has 3 rings (SSSR count). The summed E-state index contributed by atoms with van der Waals surface area (Å²) < 4.78 is 17.2. The van der Waals surface area contributed by atoms with Gasteiger partial charge in [0.05, 0.1) is 24.0 Å². The lowest BCUT2D eigenvalue weighted by Gasteiger charge is -2.15. The molecule has 0 fully saturated rings. The summed E-state index contributed by atoms with van der Waals surface area (Å²) >= 11 is 1.15. The zero-order valence-electron chi connectivity index (χ0n) is 18.1. The van der Waals surface area contributed by atoms with Crippen LogP contribution in [0.5, 0.6) is 22.3 Å². The highest BCUT2D eigenvalue weighted by Gasteiger charge is 2.15. The van der Waals surface area contributed by atoms with Crippen molar-refractivity contribution in [2.45, 2.75) is 39.9 Å². The Morgan fingerprint density at radius 3 is 2.03 bits per heavy atom. The first-order chi connectivity index (χ1) is 15.2. The number of carboxylic acid groups (broad SMARTS) is 1.